The number of nitrogens with one attached hydrogen (secondary N) is 3. The van der Waals surface area contributed by atoms with E-state index in [9.17, 15) is 27.4 Å². The maximum absolute atomic E-state index is 13.6. The van der Waals surface area contributed by atoms with Crippen molar-refractivity contribution in [1.82, 2.24) is 29.5 Å². The number of aromatic amines is 1. The fourth-order valence-corrected chi connectivity index (χ4v) is 8.07. The van der Waals surface area contributed by atoms with E-state index in [4.69, 9.17) is 0 Å². The van der Waals surface area contributed by atoms with Crippen molar-refractivity contribution in [2.24, 2.45) is 0 Å². The second kappa shape index (κ2) is 14.7. The van der Waals surface area contributed by atoms with Gasteiger partial charge in [0.2, 0.25) is 17.8 Å². The van der Waals surface area contributed by atoms with Crippen LogP contribution in [0.25, 0.3) is 11.0 Å². The minimum absolute atomic E-state index is 0.0265. The summed E-state index contributed by atoms with van der Waals surface area (Å²) in [5, 5.41) is 6.03. The summed E-state index contributed by atoms with van der Waals surface area (Å²) >= 11 is 0. The van der Waals surface area contributed by atoms with Crippen molar-refractivity contribution in [1.29, 1.82) is 0 Å². The van der Waals surface area contributed by atoms with Crippen LogP contribution in [0.3, 0.4) is 0 Å². The molecule has 12 nitrogen and oxygen atoms in total. The van der Waals surface area contributed by atoms with Crippen molar-refractivity contribution in [3.05, 3.63) is 87.8 Å². The lowest BCUT2D eigenvalue weighted by molar-refractivity contribution is -0.134. The van der Waals surface area contributed by atoms with Crippen molar-refractivity contribution in [2.45, 2.75) is 55.5 Å². The average Bonchev–Trinajstić information content (AvgIpc) is 3.12. The number of piperazine rings is 1. The molecule has 15 heteroatoms. The number of fused-ring (bicyclic) bond motifs is 1. The van der Waals surface area contributed by atoms with E-state index in [1.165, 1.54) is 11.8 Å². The topological polar surface area (TPSA) is 144 Å². The van der Waals surface area contributed by atoms with Gasteiger partial charge in [0.25, 0.3) is 12.0 Å². The van der Waals surface area contributed by atoms with Crippen molar-refractivity contribution >= 4 is 45.5 Å². The third-order valence-corrected chi connectivity index (χ3v) is 11.2. The summed E-state index contributed by atoms with van der Waals surface area (Å²) in [5.74, 6) is -0.403. The van der Waals surface area contributed by atoms with Crippen LogP contribution in [-0.4, -0.2) is 85.5 Å². The SMILES string of the molecule is O=C1CCC(c2ccc(CN3CCN(c4cccc(S(=O)N5CCC(Nc6ncc7cc(C(F)F)c(=O)[nH]c7n6)CC5)c4)CC3)cc2)C(=O)N1. The summed E-state index contributed by atoms with van der Waals surface area (Å²) in [7, 11) is -1.32. The maximum Gasteiger partial charge on any atom is 0.269 e. The van der Waals surface area contributed by atoms with Gasteiger partial charge in [0, 0.05) is 75.5 Å². The molecule has 2 aromatic carbocycles. The highest BCUT2D eigenvalue weighted by atomic mass is 32.2. The Hall–Kier alpha value is -4.60. The monoisotopic (exact) mass is 704 g/mol. The van der Waals surface area contributed by atoms with E-state index in [2.05, 4.69) is 53.6 Å². The van der Waals surface area contributed by atoms with Crippen molar-refractivity contribution in [2.75, 3.05) is 49.5 Å². The lowest BCUT2D eigenvalue weighted by Gasteiger charge is -2.36. The number of halogens is 2. The molecule has 50 heavy (non-hydrogen) atoms. The van der Waals surface area contributed by atoms with Crippen LogP contribution < -0.4 is 21.1 Å². The molecule has 5 heterocycles. The van der Waals surface area contributed by atoms with Crippen LogP contribution in [0.4, 0.5) is 20.4 Å². The molecule has 3 aliphatic heterocycles. The van der Waals surface area contributed by atoms with Gasteiger partial charge < -0.3 is 15.2 Å². The second-order valence-corrected chi connectivity index (χ2v) is 14.4. The summed E-state index contributed by atoms with van der Waals surface area (Å²) in [5.41, 5.74) is 1.88. The largest absolute Gasteiger partial charge is 0.369 e. The number of benzene rings is 2. The normalized spacial score (nSPS) is 20.3. The molecule has 0 saturated carbocycles. The standard InChI is InChI=1S/C35H38F2N8O4S/c36-31(37)29-18-24-20-38-35(42-32(24)41-34(29)48)39-25-10-12-45(13-11-25)50(49)27-3-1-2-26(19-27)44-16-14-43(15-17-44)21-22-4-6-23(7-5-22)28-8-9-30(46)40-33(28)47/h1-7,18-20,25,28,31H,8-17,21H2,(H,40,46,47)(H2,38,39,41,42,48). The molecule has 3 saturated heterocycles. The van der Waals surface area contributed by atoms with Crippen LogP contribution in [0.2, 0.25) is 0 Å². The van der Waals surface area contributed by atoms with Crippen LogP contribution >= 0.6 is 0 Å². The number of rotatable bonds is 9. The highest BCUT2D eigenvalue weighted by Crippen LogP contribution is 2.27. The van der Waals surface area contributed by atoms with E-state index in [1.54, 1.807) is 0 Å². The number of hydrogen-bond acceptors (Lipinski definition) is 9. The Morgan fingerprint density at radius 1 is 0.940 bits per heavy atom. The van der Waals surface area contributed by atoms with E-state index < -0.39 is 28.5 Å². The van der Waals surface area contributed by atoms with Gasteiger partial charge in [0.15, 0.2) is 0 Å². The van der Waals surface area contributed by atoms with Gasteiger partial charge in [-0.05, 0) is 54.7 Å². The average molecular weight is 705 g/mol. The van der Waals surface area contributed by atoms with Gasteiger partial charge >= 0.3 is 0 Å². The molecule has 0 spiro atoms. The second-order valence-electron chi connectivity index (χ2n) is 13.0. The molecule has 3 N–H and O–H groups in total. The Morgan fingerprint density at radius 3 is 2.42 bits per heavy atom. The van der Waals surface area contributed by atoms with Gasteiger partial charge in [-0.1, -0.05) is 30.3 Å². The molecule has 262 valence electrons. The number of aromatic nitrogens is 3. The van der Waals surface area contributed by atoms with E-state index in [0.29, 0.717) is 50.1 Å². The van der Waals surface area contributed by atoms with Crippen LogP contribution in [-0.2, 0) is 27.1 Å². The number of amides is 2. The molecule has 0 radical (unpaired) electrons. The quantitative estimate of drug-likeness (QED) is 0.222. The lowest BCUT2D eigenvalue weighted by Crippen LogP contribution is -2.46. The van der Waals surface area contributed by atoms with Gasteiger partial charge in [-0.25, -0.2) is 22.3 Å². The molecular formula is C35H38F2N8O4S. The summed E-state index contributed by atoms with van der Waals surface area (Å²) in [4.78, 5) is 52.1. The number of anilines is 2. The molecule has 0 bridgehead atoms. The minimum atomic E-state index is -2.88. The summed E-state index contributed by atoms with van der Waals surface area (Å²) in [6.45, 7) is 5.48. The first-order valence-electron chi connectivity index (χ1n) is 16.8. The highest BCUT2D eigenvalue weighted by molar-refractivity contribution is 7.82. The van der Waals surface area contributed by atoms with Crippen LogP contribution in [0.15, 0.2) is 70.5 Å². The molecule has 3 aliphatic rings. The molecule has 4 aromatic rings. The molecule has 2 amide bonds. The minimum Gasteiger partial charge on any atom is -0.369 e. The van der Waals surface area contributed by atoms with E-state index in [0.717, 1.165) is 54.9 Å². The first-order valence-corrected chi connectivity index (χ1v) is 17.9. The Balaban J connectivity index is 0.889. The Labute approximate surface area is 289 Å². The number of hydrogen-bond donors (Lipinski definition) is 3. The zero-order valence-corrected chi connectivity index (χ0v) is 28.1. The van der Waals surface area contributed by atoms with Crippen LogP contribution in [0.1, 0.15) is 54.7 Å². The van der Waals surface area contributed by atoms with E-state index in [1.807, 2.05) is 34.6 Å². The number of H-pyrrole nitrogens is 1. The number of alkyl halides is 2. The number of carbonyl (C=O) groups is 2. The predicted octanol–water partition coefficient (Wildman–Crippen LogP) is 3.70. The molecule has 2 aromatic heterocycles. The molecule has 2 unspecified atom stereocenters. The van der Waals surface area contributed by atoms with Crippen molar-refractivity contribution in [3.63, 3.8) is 0 Å². The number of pyridine rings is 1. The fraction of sp³-hybridized carbons (Fsp3) is 0.400. The fourth-order valence-electron chi connectivity index (χ4n) is 6.82. The highest BCUT2D eigenvalue weighted by Gasteiger charge is 2.28. The third kappa shape index (κ3) is 7.59. The van der Waals surface area contributed by atoms with Gasteiger partial charge in [-0.2, -0.15) is 4.98 Å². The van der Waals surface area contributed by atoms with Gasteiger partial charge in [-0.15, -0.1) is 0 Å². The zero-order chi connectivity index (χ0) is 34.8. The van der Waals surface area contributed by atoms with Crippen molar-refractivity contribution in [3.8, 4) is 0 Å². The summed E-state index contributed by atoms with van der Waals surface area (Å²) in [6, 6.07) is 17.2. The van der Waals surface area contributed by atoms with Gasteiger partial charge in [0.1, 0.15) is 16.6 Å². The molecule has 7 rings (SSSR count). The third-order valence-electron chi connectivity index (χ3n) is 9.66. The Kier molecular flexibility index (Phi) is 9.97. The molecule has 0 aliphatic carbocycles. The lowest BCUT2D eigenvalue weighted by atomic mass is 9.90. The first-order chi connectivity index (χ1) is 24.2. The maximum atomic E-state index is 13.6. The van der Waals surface area contributed by atoms with E-state index in [-0.39, 0.29) is 29.4 Å². The predicted molar refractivity (Wildman–Crippen MR) is 185 cm³/mol. The molecule has 3 fully saturated rings. The Bertz CT molecular complexity index is 1960. The zero-order valence-electron chi connectivity index (χ0n) is 27.3. The number of piperidine rings is 2. The Morgan fingerprint density at radius 2 is 1.70 bits per heavy atom. The summed E-state index contributed by atoms with van der Waals surface area (Å²) < 4.78 is 41.7. The smallest absolute Gasteiger partial charge is 0.269 e. The molecule has 2 atom stereocenters. The summed E-state index contributed by atoms with van der Waals surface area (Å²) in [6.07, 6.45) is 0.849. The van der Waals surface area contributed by atoms with Crippen molar-refractivity contribution < 1.29 is 22.6 Å². The number of imide groups is 1. The van der Waals surface area contributed by atoms with Gasteiger partial charge in [-0.3, -0.25) is 24.6 Å². The molecular weight excluding hydrogens is 666 g/mol. The van der Waals surface area contributed by atoms with Crippen LogP contribution in [0.5, 0.6) is 0 Å². The number of carbonyl (C=O) groups excluding carboxylic acids is 2. The first kappa shape index (κ1) is 33.9. The van der Waals surface area contributed by atoms with Gasteiger partial charge in [0.05, 0.1) is 16.4 Å². The number of nitrogens with zero attached hydrogens (tertiary/aromatic N) is 5. The van der Waals surface area contributed by atoms with Crippen LogP contribution in [0, 0.1) is 0 Å². The van der Waals surface area contributed by atoms with E-state index >= 15 is 0 Å².